The van der Waals surface area contributed by atoms with Crippen molar-refractivity contribution in [3.8, 4) is 17.1 Å². The van der Waals surface area contributed by atoms with Crippen molar-refractivity contribution in [1.29, 1.82) is 0 Å². The zero-order valence-electron chi connectivity index (χ0n) is 17.9. The Labute approximate surface area is 187 Å². The zero-order chi connectivity index (χ0) is 23.7. The van der Waals surface area contributed by atoms with E-state index in [0.29, 0.717) is 28.7 Å². The van der Waals surface area contributed by atoms with Crippen LogP contribution in [-0.2, 0) is 39.3 Å². The molecule has 0 bridgehead atoms. The van der Waals surface area contributed by atoms with Crippen LogP contribution in [-0.4, -0.2) is 30.4 Å². The van der Waals surface area contributed by atoms with Crippen LogP contribution in [0.5, 0.6) is 5.75 Å². The maximum absolute atomic E-state index is 13.3. The normalized spacial score (nSPS) is 19.1. The molecule has 0 spiro atoms. The van der Waals surface area contributed by atoms with E-state index in [-0.39, 0.29) is 42.0 Å². The summed E-state index contributed by atoms with van der Waals surface area (Å²) < 4.78 is 22.6. The fourth-order valence-electron chi connectivity index (χ4n) is 4.74. The van der Waals surface area contributed by atoms with Gasteiger partial charge in [-0.3, -0.25) is 14.6 Å². The number of esters is 1. The number of rotatable bonds is 4. The third kappa shape index (κ3) is 3.21. The molecule has 172 valence electrons. The van der Waals surface area contributed by atoms with Gasteiger partial charge >= 0.3 is 13.8 Å². The van der Waals surface area contributed by atoms with E-state index in [2.05, 4.69) is 0 Å². The van der Waals surface area contributed by atoms with Crippen LogP contribution in [0.2, 0.25) is 0 Å². The highest BCUT2D eigenvalue weighted by molar-refractivity contribution is 7.46. The first kappa shape index (κ1) is 21.8. The van der Waals surface area contributed by atoms with Gasteiger partial charge in [0.05, 0.1) is 29.0 Å². The molecule has 3 N–H and O–H groups in total. The van der Waals surface area contributed by atoms with Gasteiger partial charge in [0.2, 0.25) is 0 Å². The number of cyclic esters (lactones) is 1. The molecule has 0 aliphatic carbocycles. The number of carbonyl (C=O) groups excluding carboxylic acids is 1. The fourth-order valence-corrected chi connectivity index (χ4v) is 5.13. The first-order valence-corrected chi connectivity index (χ1v) is 12.0. The van der Waals surface area contributed by atoms with E-state index in [4.69, 9.17) is 24.0 Å². The lowest BCUT2D eigenvalue weighted by Gasteiger charge is -2.31. The number of hydrogen-bond acceptors (Lipinski definition) is 7. The standard InChI is InChI=1S/C22H21N2O8P/c1-3-12-13-7-11(32-33(28,29)30)5-6-17(13)23-19-14(12)9-24-18(19)8-16-15(20(24)25)10-31-21(26)22(16,27)4-2/h5-8,27H,3-4,9-10H2,1-2H3,(H2,28,29,30)/t22-/m0/s1. The number of fused-ring (bicyclic) bond motifs is 5. The topological polar surface area (TPSA) is 148 Å². The molecule has 0 amide bonds. The Balaban J connectivity index is 1.75. The molecule has 2 aliphatic rings. The van der Waals surface area contributed by atoms with Gasteiger partial charge in [-0.15, -0.1) is 0 Å². The molecule has 0 fully saturated rings. The van der Waals surface area contributed by atoms with Crippen molar-refractivity contribution in [2.75, 3.05) is 0 Å². The van der Waals surface area contributed by atoms with Crippen molar-refractivity contribution in [2.45, 2.75) is 45.4 Å². The van der Waals surface area contributed by atoms with Crippen LogP contribution in [0.3, 0.4) is 0 Å². The highest BCUT2D eigenvalue weighted by atomic mass is 31.2. The quantitative estimate of drug-likeness (QED) is 0.300. The molecule has 1 atom stereocenters. The Morgan fingerprint density at radius 2 is 1.97 bits per heavy atom. The maximum Gasteiger partial charge on any atom is 0.524 e. The van der Waals surface area contributed by atoms with Gasteiger partial charge in [-0.25, -0.2) is 14.3 Å². The van der Waals surface area contributed by atoms with E-state index in [1.54, 1.807) is 23.6 Å². The highest BCUT2D eigenvalue weighted by Gasteiger charge is 2.45. The smallest absolute Gasteiger partial charge is 0.458 e. The SMILES string of the molecule is CCc1c2c(nc3ccc(OP(=O)(O)O)cc13)-c1cc3c(c(=O)n1C2)COC(=O)[C@]3(O)CC. The molecule has 3 aromatic rings. The molecule has 2 aromatic heterocycles. The minimum absolute atomic E-state index is 0.0131. The summed E-state index contributed by atoms with van der Waals surface area (Å²) in [6, 6.07) is 6.19. The van der Waals surface area contributed by atoms with Gasteiger partial charge in [-0.05, 0) is 42.7 Å². The number of ether oxygens (including phenoxy) is 1. The summed E-state index contributed by atoms with van der Waals surface area (Å²) >= 11 is 0. The number of benzene rings is 1. The molecule has 0 radical (unpaired) electrons. The van der Waals surface area contributed by atoms with Crippen LogP contribution < -0.4 is 10.1 Å². The summed E-state index contributed by atoms with van der Waals surface area (Å²) in [5, 5.41) is 11.6. The number of hydrogen-bond donors (Lipinski definition) is 3. The van der Waals surface area contributed by atoms with Crippen molar-refractivity contribution < 1.29 is 33.5 Å². The second kappa shape index (κ2) is 7.23. The van der Waals surface area contributed by atoms with Crippen molar-refractivity contribution in [2.24, 2.45) is 0 Å². The molecule has 0 saturated carbocycles. The van der Waals surface area contributed by atoms with E-state index >= 15 is 0 Å². The summed E-state index contributed by atoms with van der Waals surface area (Å²) in [6.07, 6.45) is 0.631. The summed E-state index contributed by atoms with van der Waals surface area (Å²) in [5.41, 5.74) is 1.54. The van der Waals surface area contributed by atoms with Gasteiger partial charge in [-0.2, -0.15) is 0 Å². The van der Waals surface area contributed by atoms with E-state index in [9.17, 15) is 19.3 Å². The van der Waals surface area contributed by atoms with E-state index in [0.717, 1.165) is 11.1 Å². The maximum atomic E-state index is 13.3. The number of carbonyl (C=O) groups is 1. The first-order valence-electron chi connectivity index (χ1n) is 10.4. The molecule has 1 aromatic carbocycles. The minimum Gasteiger partial charge on any atom is -0.458 e. The lowest BCUT2D eigenvalue weighted by Crippen LogP contribution is -2.44. The molecule has 4 heterocycles. The number of phosphoric ester groups is 1. The summed E-state index contributed by atoms with van der Waals surface area (Å²) in [5.74, 6) is -0.766. The average Bonchev–Trinajstić information content (AvgIpc) is 3.12. The molecular weight excluding hydrogens is 451 g/mol. The van der Waals surface area contributed by atoms with Crippen molar-refractivity contribution >= 4 is 24.7 Å². The van der Waals surface area contributed by atoms with Crippen LogP contribution in [0.4, 0.5) is 0 Å². The molecule has 5 rings (SSSR count). The van der Waals surface area contributed by atoms with E-state index < -0.39 is 19.4 Å². The largest absolute Gasteiger partial charge is 0.524 e. The lowest BCUT2D eigenvalue weighted by atomic mass is 9.86. The molecular formula is C22H21N2O8P. The predicted octanol–water partition coefficient (Wildman–Crippen LogP) is 2.11. The average molecular weight is 472 g/mol. The minimum atomic E-state index is -4.72. The number of aromatic nitrogens is 2. The first-order chi connectivity index (χ1) is 15.6. The van der Waals surface area contributed by atoms with Crippen LogP contribution >= 0.6 is 7.82 Å². The number of phosphoric acid groups is 1. The summed E-state index contributed by atoms with van der Waals surface area (Å²) in [6.45, 7) is 3.62. The fraction of sp³-hybridized carbons (Fsp3) is 0.318. The van der Waals surface area contributed by atoms with E-state index in [1.165, 1.54) is 12.1 Å². The number of nitrogens with zero attached hydrogens (tertiary/aromatic N) is 2. The lowest BCUT2D eigenvalue weighted by molar-refractivity contribution is -0.172. The van der Waals surface area contributed by atoms with Crippen LogP contribution in [0, 0.1) is 0 Å². The summed E-state index contributed by atoms with van der Waals surface area (Å²) in [7, 11) is -4.72. The molecule has 33 heavy (non-hydrogen) atoms. The van der Waals surface area contributed by atoms with Crippen LogP contribution in [0.15, 0.2) is 29.1 Å². The third-order valence-corrected chi connectivity index (χ3v) is 6.80. The van der Waals surface area contributed by atoms with Gasteiger partial charge < -0.3 is 18.9 Å². The Kier molecular flexibility index (Phi) is 4.77. The van der Waals surface area contributed by atoms with E-state index in [1.807, 2.05) is 6.92 Å². The molecule has 10 nitrogen and oxygen atoms in total. The number of aryl methyl sites for hydroxylation is 1. The third-order valence-electron chi connectivity index (χ3n) is 6.36. The molecule has 0 saturated heterocycles. The van der Waals surface area contributed by atoms with Crippen LogP contribution in [0.1, 0.15) is 42.5 Å². The monoisotopic (exact) mass is 472 g/mol. The second-order valence-corrected chi connectivity index (χ2v) is 9.30. The number of aliphatic hydroxyl groups is 1. The summed E-state index contributed by atoms with van der Waals surface area (Å²) in [4.78, 5) is 48.6. The van der Waals surface area contributed by atoms with Gasteiger partial charge in [-0.1, -0.05) is 13.8 Å². The van der Waals surface area contributed by atoms with Crippen LogP contribution in [0.25, 0.3) is 22.3 Å². The van der Waals surface area contributed by atoms with Gasteiger partial charge in [0.25, 0.3) is 5.56 Å². The van der Waals surface area contributed by atoms with Crippen molar-refractivity contribution in [3.05, 3.63) is 56.9 Å². The highest BCUT2D eigenvalue weighted by Crippen LogP contribution is 2.42. The van der Waals surface area contributed by atoms with Crippen molar-refractivity contribution in [3.63, 3.8) is 0 Å². The Hall–Kier alpha value is -3.04. The zero-order valence-corrected chi connectivity index (χ0v) is 18.8. The molecule has 2 aliphatic heterocycles. The Bertz CT molecular complexity index is 1460. The Morgan fingerprint density at radius 1 is 1.21 bits per heavy atom. The molecule has 11 heteroatoms. The van der Waals surface area contributed by atoms with Gasteiger partial charge in [0.1, 0.15) is 12.4 Å². The van der Waals surface area contributed by atoms with Gasteiger partial charge in [0, 0.05) is 16.5 Å². The van der Waals surface area contributed by atoms with Gasteiger partial charge in [0.15, 0.2) is 5.60 Å². The number of pyridine rings is 2. The molecule has 0 unspecified atom stereocenters. The second-order valence-electron chi connectivity index (χ2n) is 8.13. The van der Waals surface area contributed by atoms with Crippen molar-refractivity contribution in [1.82, 2.24) is 9.55 Å². The Morgan fingerprint density at radius 3 is 2.64 bits per heavy atom. The predicted molar refractivity (Wildman–Crippen MR) is 117 cm³/mol.